The van der Waals surface area contributed by atoms with Crippen LogP contribution in [0.3, 0.4) is 0 Å². The van der Waals surface area contributed by atoms with Crippen molar-refractivity contribution >= 4 is 35.1 Å². The molecule has 280 valence electrons. The fraction of sp³-hybridized carbons (Fsp3) is 0.348. The number of carbonyl (C=O) groups excluding carboxylic acids is 2. The Hall–Kier alpha value is -4.88. The second kappa shape index (κ2) is 18.2. The molecular weight excluding hydrogens is 734 g/mol. The van der Waals surface area contributed by atoms with Crippen LogP contribution in [0, 0.1) is 25.7 Å². The third kappa shape index (κ3) is 8.83. The summed E-state index contributed by atoms with van der Waals surface area (Å²) < 4.78 is 0. The molecule has 0 aliphatic carbocycles. The standard InChI is InChI=1S/2C23H27N3O.Zn/c2*1-13(2)19-10-15(5)22(25-19)20(17-8-7-9-24-11-17)23-16(6)18(12-27)21(26-23)14(3)4;/h2*7-14H,1-6H3,(H,25,26,27);/q;;+2/p-2. The Morgan fingerprint density at radius 3 is 1.69 bits per heavy atom. The van der Waals surface area contributed by atoms with Crippen LogP contribution in [0.25, 0.3) is 11.1 Å². The molecular formula is C46H52N6O2Zn. The number of hydrogen-bond donors (Lipinski definition) is 0. The van der Waals surface area contributed by atoms with Crippen molar-refractivity contribution in [1.29, 1.82) is 0 Å². The number of allylic oxidation sites excluding steroid dienone is 4. The van der Waals surface area contributed by atoms with Gasteiger partial charge < -0.3 is 9.97 Å². The van der Waals surface area contributed by atoms with Gasteiger partial charge in [0.2, 0.25) is 0 Å². The third-order valence-electron chi connectivity index (χ3n) is 9.85. The summed E-state index contributed by atoms with van der Waals surface area (Å²) in [7, 11) is 0. The second-order valence-corrected chi connectivity index (χ2v) is 15.3. The number of rotatable bonds is 10. The van der Waals surface area contributed by atoms with E-state index >= 15 is 0 Å². The fourth-order valence-electron chi connectivity index (χ4n) is 6.80. The first kappa shape index (κ1) is 42.9. The first-order valence-corrected chi connectivity index (χ1v) is 18.8. The fourth-order valence-corrected chi connectivity index (χ4v) is 6.80. The number of aliphatic imine (C=N–C) groups is 2. The van der Waals surface area contributed by atoms with Gasteiger partial charge in [0.05, 0.1) is 17.1 Å². The summed E-state index contributed by atoms with van der Waals surface area (Å²) in [6.07, 6.45) is 11.2. The maximum absolute atomic E-state index is 11.7. The van der Waals surface area contributed by atoms with Gasteiger partial charge in [0, 0.05) is 47.2 Å². The Kier molecular flexibility index (Phi) is 14.2. The van der Waals surface area contributed by atoms with Crippen LogP contribution < -0.4 is 9.97 Å². The summed E-state index contributed by atoms with van der Waals surface area (Å²) in [6.45, 7) is 24.9. The van der Waals surface area contributed by atoms with Crippen LogP contribution >= 0.6 is 0 Å². The van der Waals surface area contributed by atoms with Gasteiger partial charge in [-0.3, -0.25) is 29.5 Å². The van der Waals surface area contributed by atoms with Crippen molar-refractivity contribution in [3.63, 3.8) is 0 Å². The van der Waals surface area contributed by atoms with Crippen molar-refractivity contribution in [2.24, 2.45) is 21.8 Å². The molecule has 0 fully saturated rings. The van der Waals surface area contributed by atoms with Crippen molar-refractivity contribution in [1.82, 2.24) is 19.9 Å². The summed E-state index contributed by atoms with van der Waals surface area (Å²) in [6, 6.07) is 10.0. The molecule has 0 saturated carbocycles. The van der Waals surface area contributed by atoms with Gasteiger partial charge in [-0.1, -0.05) is 84.7 Å². The number of carbonyl (C=O) groups is 2. The minimum Gasteiger partial charge on any atom is -0.660 e. The monoisotopic (exact) mass is 784 g/mol. The zero-order valence-electron chi connectivity index (χ0n) is 34.4. The van der Waals surface area contributed by atoms with Crippen LogP contribution in [0.15, 0.2) is 99.3 Å². The molecule has 6 heterocycles. The molecule has 2 aliphatic heterocycles. The first-order chi connectivity index (χ1) is 25.7. The van der Waals surface area contributed by atoms with E-state index in [1.54, 1.807) is 12.4 Å². The van der Waals surface area contributed by atoms with Crippen molar-refractivity contribution in [2.75, 3.05) is 0 Å². The van der Waals surface area contributed by atoms with Crippen molar-refractivity contribution in [2.45, 2.75) is 94.9 Å². The molecule has 0 aromatic carbocycles. The Balaban J connectivity index is 0.000000240. The summed E-state index contributed by atoms with van der Waals surface area (Å²) in [4.78, 5) is 51.7. The molecule has 4 aromatic heterocycles. The zero-order valence-corrected chi connectivity index (χ0v) is 37.4. The van der Waals surface area contributed by atoms with Crippen LogP contribution in [0.2, 0.25) is 0 Å². The van der Waals surface area contributed by atoms with Crippen LogP contribution in [0.4, 0.5) is 0 Å². The van der Waals surface area contributed by atoms with E-state index in [1.165, 1.54) is 0 Å². The van der Waals surface area contributed by atoms with Gasteiger partial charge in [-0.2, -0.15) is 5.69 Å². The third-order valence-corrected chi connectivity index (χ3v) is 9.85. The van der Waals surface area contributed by atoms with Gasteiger partial charge in [-0.25, -0.2) is 0 Å². The molecule has 6 rings (SSSR count). The number of aryl methyl sites for hydroxylation is 1. The Morgan fingerprint density at radius 1 is 0.691 bits per heavy atom. The maximum Gasteiger partial charge on any atom is 2.00 e. The molecule has 0 atom stereocenters. The predicted molar refractivity (Wildman–Crippen MR) is 220 cm³/mol. The molecule has 2 aliphatic rings. The smallest absolute Gasteiger partial charge is 0.660 e. The van der Waals surface area contributed by atoms with E-state index < -0.39 is 0 Å². The molecule has 0 radical (unpaired) electrons. The van der Waals surface area contributed by atoms with Gasteiger partial charge in [-0.05, 0) is 97.4 Å². The topological polar surface area (TPSA) is 113 Å². The largest absolute Gasteiger partial charge is 2.00 e. The number of nitrogens with zero attached hydrogens (tertiary/aromatic N) is 6. The van der Waals surface area contributed by atoms with Gasteiger partial charge in [0.1, 0.15) is 6.29 Å². The minimum absolute atomic E-state index is 0. The molecule has 55 heavy (non-hydrogen) atoms. The summed E-state index contributed by atoms with van der Waals surface area (Å²) in [5.41, 5.74) is 16.5. The first-order valence-electron chi connectivity index (χ1n) is 18.8. The van der Waals surface area contributed by atoms with Gasteiger partial charge in [0.15, 0.2) is 6.29 Å². The van der Waals surface area contributed by atoms with Crippen LogP contribution in [0.1, 0.15) is 136 Å². The Bertz CT molecular complexity index is 2240. The molecule has 8 nitrogen and oxygen atoms in total. The Morgan fingerprint density at radius 2 is 1.29 bits per heavy atom. The van der Waals surface area contributed by atoms with Gasteiger partial charge in [-0.15, -0.1) is 17.1 Å². The molecule has 4 aromatic rings. The SMILES string of the molecule is CC1=C(C=O)C(C(C)C)=N/C1=C(/c1cccnc1)c1[n-]c(C(C)C)cc1C.CC1=CC(C(C)C)=N/C1=C(/c1cccnc1)c1[n-]c(C(C)C)c(C=O)c1C.[Zn+2]. The number of hydrogen-bond acceptors (Lipinski definition) is 6. The molecule has 0 N–H and O–H groups in total. The summed E-state index contributed by atoms with van der Waals surface area (Å²) >= 11 is 0. The molecule has 0 saturated heterocycles. The van der Waals surface area contributed by atoms with Crippen LogP contribution in [0.5, 0.6) is 0 Å². The van der Waals surface area contributed by atoms with E-state index in [9.17, 15) is 9.59 Å². The summed E-state index contributed by atoms with van der Waals surface area (Å²) in [5.74, 6) is 1.04. The maximum atomic E-state index is 11.7. The summed E-state index contributed by atoms with van der Waals surface area (Å²) in [5, 5.41) is 0. The molecule has 0 unspecified atom stereocenters. The van der Waals surface area contributed by atoms with Crippen molar-refractivity contribution < 1.29 is 29.1 Å². The van der Waals surface area contributed by atoms with E-state index in [-0.39, 0.29) is 31.3 Å². The molecule has 9 heteroatoms. The van der Waals surface area contributed by atoms with Gasteiger partial charge >= 0.3 is 19.5 Å². The average molecular weight is 786 g/mol. The van der Waals surface area contributed by atoms with E-state index in [0.717, 1.165) is 103 Å². The molecule has 0 bridgehead atoms. The molecule has 0 amide bonds. The normalized spacial score (nSPS) is 15.9. The minimum atomic E-state index is 0. The van der Waals surface area contributed by atoms with Crippen LogP contribution in [-0.4, -0.2) is 34.0 Å². The van der Waals surface area contributed by atoms with E-state index in [2.05, 4.69) is 91.3 Å². The van der Waals surface area contributed by atoms with Crippen molar-refractivity contribution in [3.05, 3.63) is 140 Å². The predicted octanol–water partition coefficient (Wildman–Crippen LogP) is 9.95. The second-order valence-electron chi connectivity index (χ2n) is 15.3. The Labute approximate surface area is 339 Å². The van der Waals surface area contributed by atoms with Crippen molar-refractivity contribution in [3.8, 4) is 0 Å². The number of pyridine rings is 2. The van der Waals surface area contributed by atoms with E-state index in [1.807, 2.05) is 50.5 Å². The van der Waals surface area contributed by atoms with E-state index in [0.29, 0.717) is 23.0 Å². The van der Waals surface area contributed by atoms with E-state index in [4.69, 9.17) is 20.0 Å². The zero-order chi connectivity index (χ0) is 39.4. The number of aromatic nitrogens is 4. The van der Waals surface area contributed by atoms with Crippen LogP contribution in [-0.2, 0) is 24.3 Å². The quantitative estimate of drug-likeness (QED) is 0.117. The molecule has 0 spiro atoms. The average Bonchev–Trinajstić information content (AvgIpc) is 3.90. The van der Waals surface area contributed by atoms with Gasteiger partial charge in [0.25, 0.3) is 0 Å². The number of aldehydes is 2.